The molecule has 11 heteroatoms. The zero-order valence-electron chi connectivity index (χ0n) is 34.4. The largest absolute Gasteiger partial charge is 0.444 e. The average Bonchev–Trinajstić information content (AvgIpc) is 3.45. The van der Waals surface area contributed by atoms with E-state index in [-0.39, 0.29) is 23.3 Å². The van der Waals surface area contributed by atoms with Crippen molar-refractivity contribution in [3.8, 4) is 0 Å². The first-order chi connectivity index (χ1) is 27.7. The van der Waals surface area contributed by atoms with Crippen molar-refractivity contribution in [3.05, 3.63) is 137 Å². The van der Waals surface area contributed by atoms with Crippen molar-refractivity contribution in [1.82, 2.24) is 19.0 Å². The number of hydrogen-bond acceptors (Lipinski definition) is 5. The number of pyridine rings is 1. The molecule has 0 unspecified atom stereocenters. The Morgan fingerprint density at radius 2 is 1.40 bits per heavy atom. The van der Waals surface area contributed by atoms with Gasteiger partial charge in [0.25, 0.3) is 8.32 Å². The first-order valence-electron chi connectivity index (χ1n) is 20.4. The van der Waals surface area contributed by atoms with E-state index >= 15 is 0 Å². The summed E-state index contributed by atoms with van der Waals surface area (Å²) in [7, 11) is -2.69. The third-order valence-corrected chi connectivity index (χ3v) is 16.4. The summed E-state index contributed by atoms with van der Waals surface area (Å²) in [4.78, 5) is 33.8. The van der Waals surface area contributed by atoms with Gasteiger partial charge in [-0.3, -0.25) is 14.1 Å². The van der Waals surface area contributed by atoms with E-state index in [0.29, 0.717) is 55.7 Å². The smallest absolute Gasteiger partial charge is 0.410 e. The van der Waals surface area contributed by atoms with E-state index in [1.807, 2.05) is 57.3 Å². The molecule has 304 valence electrons. The SMILES string of the molecule is CC(C)(C)OC(=O)N1CCC(n2c(=O)n(Cc3ncc4ccccc4c3CCCCO[Si](c3ccccc3)(c3ccccc3)C(C)(C)C)c3cc(F)c(F)cc32)CC1. The number of carbonyl (C=O) groups is 1. The van der Waals surface area contributed by atoms with Gasteiger partial charge in [0.05, 0.1) is 23.3 Å². The van der Waals surface area contributed by atoms with Gasteiger partial charge < -0.3 is 14.1 Å². The quantitative estimate of drug-likeness (QED) is 0.0965. The van der Waals surface area contributed by atoms with Gasteiger partial charge in [0, 0.05) is 49.5 Å². The number of hydrogen-bond donors (Lipinski definition) is 0. The number of aryl methyl sites for hydroxylation is 1. The Labute approximate surface area is 340 Å². The van der Waals surface area contributed by atoms with Crippen LogP contribution >= 0.6 is 0 Å². The Hall–Kier alpha value is -5.13. The standard InChI is InChI=1S/C47H54F2N4O4Si/c1-46(2,3)57-45(55)51-26-24-34(25-27-51)53-43-30-40(49)39(48)29-42(43)52(44(53)54)32-41-38(37-22-14-13-17-33(37)31-50-41)23-15-16-28-56-58(47(4,5)6,35-18-9-7-10-19-35)36-20-11-8-12-21-36/h7-14,17-22,29-31,34H,15-16,23-28,32H2,1-6H3. The van der Waals surface area contributed by atoms with Crippen molar-refractivity contribution >= 4 is 46.6 Å². The zero-order chi connectivity index (χ0) is 41.2. The summed E-state index contributed by atoms with van der Waals surface area (Å²) in [6.45, 7) is 13.7. The van der Waals surface area contributed by atoms with Crippen molar-refractivity contribution in [3.63, 3.8) is 0 Å². The summed E-state index contributed by atoms with van der Waals surface area (Å²) in [5, 5.41) is 4.38. The van der Waals surface area contributed by atoms with Crippen LogP contribution in [0.15, 0.2) is 108 Å². The number of halogens is 2. The van der Waals surface area contributed by atoms with Gasteiger partial charge in [0.2, 0.25) is 0 Å². The molecule has 6 aromatic rings. The topological polar surface area (TPSA) is 78.6 Å². The second-order valence-corrected chi connectivity index (χ2v) is 21.7. The lowest BCUT2D eigenvalue weighted by Crippen LogP contribution is -2.66. The van der Waals surface area contributed by atoms with Crippen molar-refractivity contribution in [2.24, 2.45) is 0 Å². The van der Waals surface area contributed by atoms with Gasteiger partial charge in [-0.05, 0) is 79.2 Å². The minimum Gasteiger partial charge on any atom is -0.444 e. The third kappa shape index (κ3) is 8.24. The second-order valence-electron chi connectivity index (χ2n) is 17.4. The van der Waals surface area contributed by atoms with Gasteiger partial charge in [-0.15, -0.1) is 0 Å². The molecule has 0 N–H and O–H groups in total. The number of ether oxygens (including phenoxy) is 1. The number of piperidine rings is 1. The number of unbranched alkanes of at least 4 members (excludes halogenated alkanes) is 1. The number of carbonyl (C=O) groups excluding carboxylic acids is 1. The van der Waals surface area contributed by atoms with Gasteiger partial charge in [0.15, 0.2) is 11.6 Å². The molecular formula is C47H54F2N4O4Si. The lowest BCUT2D eigenvalue weighted by atomic mass is 9.99. The Bertz CT molecular complexity index is 2410. The van der Waals surface area contributed by atoms with Gasteiger partial charge >= 0.3 is 11.8 Å². The molecule has 3 heterocycles. The summed E-state index contributed by atoms with van der Waals surface area (Å²) in [5.41, 5.74) is 1.35. The second kappa shape index (κ2) is 16.6. The van der Waals surface area contributed by atoms with Crippen LogP contribution in [0.25, 0.3) is 21.8 Å². The van der Waals surface area contributed by atoms with Crippen molar-refractivity contribution in [2.75, 3.05) is 19.7 Å². The molecule has 0 aliphatic carbocycles. The first kappa shape index (κ1) is 41.0. The molecule has 2 aromatic heterocycles. The molecule has 4 aromatic carbocycles. The van der Waals surface area contributed by atoms with Crippen LogP contribution in [-0.4, -0.2) is 58.7 Å². The van der Waals surface area contributed by atoms with Crippen molar-refractivity contribution < 1.29 is 22.7 Å². The first-order valence-corrected chi connectivity index (χ1v) is 22.3. The number of imidazole rings is 1. The van der Waals surface area contributed by atoms with Gasteiger partial charge in [-0.1, -0.05) is 106 Å². The lowest BCUT2D eigenvalue weighted by molar-refractivity contribution is 0.0188. The van der Waals surface area contributed by atoms with Crippen molar-refractivity contribution in [1.29, 1.82) is 0 Å². The van der Waals surface area contributed by atoms with Crippen LogP contribution in [0.1, 0.15) is 84.5 Å². The van der Waals surface area contributed by atoms with Gasteiger partial charge in [-0.2, -0.15) is 0 Å². The molecular weight excluding hydrogens is 751 g/mol. The van der Waals surface area contributed by atoms with Crippen LogP contribution in [0.2, 0.25) is 5.04 Å². The third-order valence-electron chi connectivity index (χ3n) is 11.3. The molecule has 0 radical (unpaired) electrons. The normalized spacial score (nSPS) is 14.4. The maximum Gasteiger partial charge on any atom is 0.410 e. The predicted molar refractivity (Wildman–Crippen MR) is 230 cm³/mol. The molecule has 7 rings (SSSR count). The number of amides is 1. The minimum absolute atomic E-state index is 0.0862. The Morgan fingerprint density at radius 3 is 2.00 bits per heavy atom. The Kier molecular flexibility index (Phi) is 11.8. The maximum atomic E-state index is 14.9. The average molecular weight is 805 g/mol. The molecule has 0 bridgehead atoms. The van der Waals surface area contributed by atoms with Crippen LogP contribution in [0, 0.1) is 11.6 Å². The van der Waals surface area contributed by atoms with Crippen LogP contribution in [-0.2, 0) is 22.1 Å². The molecule has 58 heavy (non-hydrogen) atoms. The Morgan fingerprint density at radius 1 is 0.810 bits per heavy atom. The van der Waals surface area contributed by atoms with E-state index in [1.54, 1.807) is 9.47 Å². The molecule has 1 saturated heterocycles. The van der Waals surface area contributed by atoms with Crippen molar-refractivity contribution in [2.45, 2.75) is 96.9 Å². The van der Waals surface area contributed by atoms with E-state index in [2.05, 4.69) is 75.4 Å². The van der Waals surface area contributed by atoms with Crippen LogP contribution in [0.3, 0.4) is 0 Å². The zero-order valence-corrected chi connectivity index (χ0v) is 35.4. The molecule has 1 aliphatic heterocycles. The van der Waals surface area contributed by atoms with Crippen LogP contribution in [0.4, 0.5) is 13.6 Å². The fourth-order valence-corrected chi connectivity index (χ4v) is 13.2. The molecule has 1 amide bonds. The fourth-order valence-electron chi connectivity index (χ4n) is 8.63. The number of aromatic nitrogens is 3. The number of rotatable bonds is 11. The van der Waals surface area contributed by atoms with Gasteiger partial charge in [-0.25, -0.2) is 18.4 Å². The summed E-state index contributed by atoms with van der Waals surface area (Å²) in [6, 6.07) is 31.2. The minimum atomic E-state index is -2.69. The van der Waals surface area contributed by atoms with E-state index in [9.17, 15) is 18.4 Å². The highest BCUT2D eigenvalue weighted by molar-refractivity contribution is 6.99. The molecule has 0 atom stereocenters. The molecule has 8 nitrogen and oxygen atoms in total. The summed E-state index contributed by atoms with van der Waals surface area (Å²) >= 11 is 0. The Balaban J connectivity index is 1.16. The van der Waals surface area contributed by atoms with Crippen LogP contribution in [0.5, 0.6) is 0 Å². The maximum absolute atomic E-state index is 14.9. The lowest BCUT2D eigenvalue weighted by Gasteiger charge is -2.43. The van der Waals surface area contributed by atoms with E-state index in [1.165, 1.54) is 14.9 Å². The highest BCUT2D eigenvalue weighted by Gasteiger charge is 2.50. The van der Waals surface area contributed by atoms with Crippen LogP contribution < -0.4 is 16.1 Å². The van der Waals surface area contributed by atoms with E-state index < -0.39 is 31.6 Å². The highest BCUT2D eigenvalue weighted by Crippen LogP contribution is 2.37. The molecule has 1 fully saturated rings. The van der Waals surface area contributed by atoms with Gasteiger partial charge in [0.1, 0.15) is 5.60 Å². The summed E-state index contributed by atoms with van der Waals surface area (Å²) in [5.74, 6) is -2.04. The highest BCUT2D eigenvalue weighted by atomic mass is 28.4. The molecule has 0 saturated carbocycles. The van der Waals surface area contributed by atoms with E-state index in [4.69, 9.17) is 14.1 Å². The summed E-state index contributed by atoms with van der Waals surface area (Å²) < 4.78 is 45.7. The molecule has 0 spiro atoms. The number of benzene rings is 4. The predicted octanol–water partition coefficient (Wildman–Crippen LogP) is 9.15. The van der Waals surface area contributed by atoms with E-state index in [0.717, 1.165) is 41.3 Å². The number of fused-ring (bicyclic) bond motifs is 2. The monoisotopic (exact) mass is 804 g/mol. The fraction of sp³-hybridized carbons (Fsp3) is 0.383. The number of nitrogens with zero attached hydrogens (tertiary/aromatic N) is 4. The number of likely N-dealkylation sites (tertiary alicyclic amines) is 1. The molecule has 1 aliphatic rings. The summed E-state index contributed by atoms with van der Waals surface area (Å²) in [6.07, 6.45) is 4.65.